The fourth-order valence-electron chi connectivity index (χ4n) is 1.61. The van der Waals surface area contributed by atoms with Gasteiger partial charge in [-0.15, -0.1) is 11.3 Å². The van der Waals surface area contributed by atoms with Gasteiger partial charge in [-0.2, -0.15) is 0 Å². The highest BCUT2D eigenvalue weighted by atomic mass is 35.5. The summed E-state index contributed by atoms with van der Waals surface area (Å²) < 4.78 is 10.4. The summed E-state index contributed by atoms with van der Waals surface area (Å²) in [5, 5.41) is 2.81. The van der Waals surface area contributed by atoms with Gasteiger partial charge < -0.3 is 9.47 Å². The number of hydrogen-bond donors (Lipinski definition) is 0. The molecule has 0 radical (unpaired) electrons. The van der Waals surface area contributed by atoms with E-state index in [1.165, 1.54) is 25.4 Å². The van der Waals surface area contributed by atoms with Crippen LogP contribution < -0.4 is 9.47 Å². The SMILES string of the molecule is COc1ccc(-c2nc(C(C)=O)cs2)c(Cl)c1OC. The molecule has 0 amide bonds. The summed E-state index contributed by atoms with van der Waals surface area (Å²) >= 11 is 7.66. The van der Waals surface area contributed by atoms with Gasteiger partial charge >= 0.3 is 0 Å². The molecule has 0 aliphatic heterocycles. The van der Waals surface area contributed by atoms with Crippen LogP contribution in [0, 0.1) is 0 Å². The first kappa shape index (κ1) is 13.8. The number of methoxy groups -OCH3 is 2. The number of Topliss-reactive ketones (excluding diaryl/α,β-unsaturated/α-hetero) is 1. The molecule has 0 bridgehead atoms. The third-order valence-electron chi connectivity index (χ3n) is 2.58. The Morgan fingerprint density at radius 3 is 2.58 bits per heavy atom. The Balaban J connectivity index is 2.53. The Kier molecular flexibility index (Phi) is 4.07. The van der Waals surface area contributed by atoms with Crippen molar-refractivity contribution < 1.29 is 14.3 Å². The second-order valence-electron chi connectivity index (χ2n) is 3.76. The quantitative estimate of drug-likeness (QED) is 0.808. The van der Waals surface area contributed by atoms with Gasteiger partial charge in [0.15, 0.2) is 17.3 Å². The number of rotatable bonds is 4. The van der Waals surface area contributed by atoms with E-state index < -0.39 is 0 Å². The number of ketones is 1. The normalized spacial score (nSPS) is 10.3. The number of benzene rings is 1. The predicted octanol–water partition coefficient (Wildman–Crippen LogP) is 3.68. The van der Waals surface area contributed by atoms with Crippen molar-refractivity contribution in [1.29, 1.82) is 0 Å². The minimum Gasteiger partial charge on any atom is -0.493 e. The van der Waals surface area contributed by atoms with E-state index in [9.17, 15) is 4.79 Å². The maximum atomic E-state index is 11.3. The van der Waals surface area contributed by atoms with Gasteiger partial charge in [0.1, 0.15) is 10.7 Å². The van der Waals surface area contributed by atoms with Crippen molar-refractivity contribution in [2.45, 2.75) is 6.92 Å². The summed E-state index contributed by atoms with van der Waals surface area (Å²) in [5.74, 6) is 0.944. The van der Waals surface area contributed by atoms with E-state index in [2.05, 4.69) is 4.98 Å². The van der Waals surface area contributed by atoms with Crippen molar-refractivity contribution in [3.63, 3.8) is 0 Å². The Morgan fingerprint density at radius 2 is 2.05 bits per heavy atom. The minimum absolute atomic E-state index is 0.0703. The fraction of sp³-hybridized carbons (Fsp3) is 0.231. The number of nitrogens with zero attached hydrogens (tertiary/aromatic N) is 1. The van der Waals surface area contributed by atoms with Crippen LogP contribution in [0.4, 0.5) is 0 Å². The van der Waals surface area contributed by atoms with Crippen LogP contribution in [0.5, 0.6) is 11.5 Å². The molecule has 19 heavy (non-hydrogen) atoms. The van der Waals surface area contributed by atoms with E-state index in [1.54, 1.807) is 24.6 Å². The van der Waals surface area contributed by atoms with Crippen molar-refractivity contribution in [3.05, 3.63) is 28.2 Å². The molecular weight excluding hydrogens is 286 g/mol. The molecule has 1 heterocycles. The summed E-state index contributed by atoms with van der Waals surface area (Å²) in [6.45, 7) is 1.48. The third-order valence-corrected chi connectivity index (χ3v) is 3.83. The van der Waals surface area contributed by atoms with Gasteiger partial charge in [-0.1, -0.05) is 11.6 Å². The zero-order valence-corrected chi connectivity index (χ0v) is 12.3. The zero-order valence-electron chi connectivity index (χ0n) is 10.7. The Bertz CT molecular complexity index is 624. The first-order valence-corrected chi connectivity index (χ1v) is 6.71. The first-order chi connectivity index (χ1) is 9.08. The number of halogens is 1. The highest BCUT2D eigenvalue weighted by Crippen LogP contribution is 2.42. The monoisotopic (exact) mass is 297 g/mol. The van der Waals surface area contributed by atoms with Gasteiger partial charge in [0, 0.05) is 17.9 Å². The molecule has 100 valence electrons. The lowest BCUT2D eigenvalue weighted by atomic mass is 10.2. The Hall–Kier alpha value is -1.59. The van der Waals surface area contributed by atoms with Crippen LogP contribution in [-0.4, -0.2) is 25.0 Å². The highest BCUT2D eigenvalue weighted by molar-refractivity contribution is 7.13. The van der Waals surface area contributed by atoms with E-state index in [-0.39, 0.29) is 5.78 Å². The highest BCUT2D eigenvalue weighted by Gasteiger charge is 2.17. The molecule has 0 atom stereocenters. The van der Waals surface area contributed by atoms with E-state index in [0.717, 1.165) is 5.56 Å². The maximum Gasteiger partial charge on any atom is 0.180 e. The van der Waals surface area contributed by atoms with Crippen molar-refractivity contribution >= 4 is 28.7 Å². The van der Waals surface area contributed by atoms with Crippen LogP contribution in [-0.2, 0) is 0 Å². The first-order valence-electron chi connectivity index (χ1n) is 5.45. The van der Waals surface area contributed by atoms with Crippen LogP contribution in [0.2, 0.25) is 5.02 Å². The molecule has 0 spiro atoms. The largest absolute Gasteiger partial charge is 0.493 e. The van der Waals surface area contributed by atoms with Crippen molar-refractivity contribution in [2.75, 3.05) is 14.2 Å². The Morgan fingerprint density at radius 1 is 1.32 bits per heavy atom. The van der Waals surface area contributed by atoms with E-state index in [4.69, 9.17) is 21.1 Å². The molecule has 0 N–H and O–H groups in total. The van der Waals surface area contributed by atoms with Gasteiger partial charge in [0.2, 0.25) is 0 Å². The molecule has 0 unspecified atom stereocenters. The number of carbonyl (C=O) groups is 1. The number of thiazole rings is 1. The third kappa shape index (κ3) is 2.57. The second-order valence-corrected chi connectivity index (χ2v) is 4.99. The second kappa shape index (κ2) is 5.59. The summed E-state index contributed by atoms with van der Waals surface area (Å²) in [6.07, 6.45) is 0. The van der Waals surface area contributed by atoms with E-state index in [1.807, 2.05) is 0 Å². The van der Waals surface area contributed by atoms with Crippen LogP contribution in [0.25, 0.3) is 10.6 Å². The van der Waals surface area contributed by atoms with Gasteiger partial charge in [0.05, 0.1) is 19.2 Å². The van der Waals surface area contributed by atoms with Crippen LogP contribution in [0.1, 0.15) is 17.4 Å². The molecule has 0 saturated carbocycles. The predicted molar refractivity (Wildman–Crippen MR) is 75.7 cm³/mol. The number of aromatic nitrogens is 1. The van der Waals surface area contributed by atoms with E-state index in [0.29, 0.717) is 27.2 Å². The average Bonchev–Trinajstić information content (AvgIpc) is 2.87. The summed E-state index contributed by atoms with van der Waals surface area (Å²) in [4.78, 5) is 15.5. The van der Waals surface area contributed by atoms with Gasteiger partial charge in [0.25, 0.3) is 0 Å². The smallest absolute Gasteiger partial charge is 0.180 e. The maximum absolute atomic E-state index is 11.3. The van der Waals surface area contributed by atoms with Crippen molar-refractivity contribution in [3.8, 4) is 22.1 Å². The molecule has 0 aliphatic carbocycles. The molecule has 6 heteroatoms. The molecule has 1 aromatic heterocycles. The van der Waals surface area contributed by atoms with Gasteiger partial charge in [-0.05, 0) is 12.1 Å². The van der Waals surface area contributed by atoms with Crippen LogP contribution >= 0.6 is 22.9 Å². The lowest BCUT2D eigenvalue weighted by Gasteiger charge is -2.11. The average molecular weight is 298 g/mol. The molecule has 0 aliphatic rings. The molecule has 2 aromatic rings. The number of hydrogen-bond acceptors (Lipinski definition) is 5. The molecule has 2 rings (SSSR count). The molecule has 1 aromatic carbocycles. The minimum atomic E-state index is -0.0703. The van der Waals surface area contributed by atoms with Gasteiger partial charge in [-0.25, -0.2) is 4.98 Å². The topological polar surface area (TPSA) is 48.4 Å². The summed E-state index contributed by atoms with van der Waals surface area (Å²) in [6, 6.07) is 3.56. The van der Waals surface area contributed by atoms with Crippen LogP contribution in [0.15, 0.2) is 17.5 Å². The van der Waals surface area contributed by atoms with Gasteiger partial charge in [-0.3, -0.25) is 4.79 Å². The van der Waals surface area contributed by atoms with Crippen LogP contribution in [0.3, 0.4) is 0 Å². The zero-order chi connectivity index (χ0) is 14.0. The Labute approximate surface area is 120 Å². The standard InChI is InChI=1S/C13H12ClNO3S/c1-7(16)9-6-19-13(15-9)8-4-5-10(17-2)12(18-3)11(8)14/h4-6H,1-3H3. The van der Waals surface area contributed by atoms with Crippen molar-refractivity contribution in [2.24, 2.45) is 0 Å². The number of carbonyl (C=O) groups excluding carboxylic acids is 1. The summed E-state index contributed by atoms with van der Waals surface area (Å²) in [5.41, 5.74) is 1.16. The summed E-state index contributed by atoms with van der Waals surface area (Å²) in [7, 11) is 3.07. The lowest BCUT2D eigenvalue weighted by molar-refractivity contribution is 0.101. The molecule has 0 fully saturated rings. The van der Waals surface area contributed by atoms with E-state index >= 15 is 0 Å². The molecule has 4 nitrogen and oxygen atoms in total. The molecular formula is C13H12ClNO3S. The number of ether oxygens (including phenoxy) is 2. The molecule has 0 saturated heterocycles. The lowest BCUT2D eigenvalue weighted by Crippen LogP contribution is -1.94. The fourth-order valence-corrected chi connectivity index (χ4v) is 2.88. The van der Waals surface area contributed by atoms with Crippen molar-refractivity contribution in [1.82, 2.24) is 4.98 Å².